The van der Waals surface area contributed by atoms with Crippen LogP contribution in [0.1, 0.15) is 11.1 Å². The largest absolute Gasteiger partial charge is 0.481 e. The first-order valence-corrected chi connectivity index (χ1v) is 7.28. The number of rotatable bonds is 5. The number of pyridine rings is 1. The van der Waals surface area contributed by atoms with Gasteiger partial charge in [-0.05, 0) is 23.8 Å². The van der Waals surface area contributed by atoms with E-state index < -0.39 is 0 Å². The molecule has 5 nitrogen and oxygen atoms in total. The van der Waals surface area contributed by atoms with Crippen LogP contribution in [0.3, 0.4) is 0 Å². The third kappa shape index (κ3) is 4.67. The van der Waals surface area contributed by atoms with E-state index in [2.05, 4.69) is 15.3 Å². The van der Waals surface area contributed by atoms with E-state index in [-0.39, 0.29) is 5.82 Å². The number of guanidine groups is 1. The fourth-order valence-electron chi connectivity index (χ4n) is 2.29. The van der Waals surface area contributed by atoms with Crippen LogP contribution in [-0.2, 0) is 13.1 Å². The molecule has 0 radical (unpaired) electrons. The van der Waals surface area contributed by atoms with Crippen molar-refractivity contribution in [2.24, 2.45) is 4.99 Å². The molecule has 0 spiro atoms. The summed E-state index contributed by atoms with van der Waals surface area (Å²) in [5.41, 5.74) is 1.82. The van der Waals surface area contributed by atoms with Gasteiger partial charge >= 0.3 is 0 Å². The molecule has 0 aliphatic rings. The Morgan fingerprint density at radius 1 is 1.35 bits per heavy atom. The van der Waals surface area contributed by atoms with Crippen molar-refractivity contribution in [1.82, 2.24) is 15.2 Å². The van der Waals surface area contributed by atoms with Crippen LogP contribution in [0.4, 0.5) is 4.39 Å². The Kier molecular flexibility index (Phi) is 5.91. The average Bonchev–Trinajstić information content (AvgIpc) is 2.55. The smallest absolute Gasteiger partial charge is 0.218 e. The molecule has 0 bridgehead atoms. The molecule has 122 valence electrons. The maximum Gasteiger partial charge on any atom is 0.218 e. The summed E-state index contributed by atoms with van der Waals surface area (Å²) in [5.74, 6) is 1.06. The number of hydrogen-bond acceptors (Lipinski definition) is 3. The zero-order valence-corrected chi connectivity index (χ0v) is 13.6. The summed E-state index contributed by atoms with van der Waals surface area (Å²) < 4.78 is 18.5. The number of nitrogens with one attached hydrogen (secondary N) is 1. The third-order valence-corrected chi connectivity index (χ3v) is 3.36. The summed E-state index contributed by atoms with van der Waals surface area (Å²) in [6, 6.07) is 10.4. The van der Waals surface area contributed by atoms with Gasteiger partial charge in [-0.3, -0.25) is 4.99 Å². The zero-order chi connectivity index (χ0) is 16.7. The molecule has 0 atom stereocenters. The normalized spacial score (nSPS) is 11.2. The highest BCUT2D eigenvalue weighted by atomic mass is 19.1. The molecule has 0 saturated heterocycles. The van der Waals surface area contributed by atoms with Gasteiger partial charge in [-0.2, -0.15) is 0 Å². The van der Waals surface area contributed by atoms with Crippen molar-refractivity contribution >= 4 is 5.96 Å². The van der Waals surface area contributed by atoms with Gasteiger partial charge in [0, 0.05) is 38.9 Å². The number of ether oxygens (including phenoxy) is 1. The Hall–Kier alpha value is -2.63. The van der Waals surface area contributed by atoms with Crippen LogP contribution in [0.5, 0.6) is 5.88 Å². The number of nitrogens with zero attached hydrogens (tertiary/aromatic N) is 3. The average molecular weight is 316 g/mol. The maximum atomic E-state index is 13.3. The van der Waals surface area contributed by atoms with E-state index in [1.165, 1.54) is 12.1 Å². The van der Waals surface area contributed by atoms with Crippen LogP contribution in [0, 0.1) is 5.82 Å². The topological polar surface area (TPSA) is 49.8 Å². The van der Waals surface area contributed by atoms with Crippen molar-refractivity contribution in [2.45, 2.75) is 13.1 Å². The van der Waals surface area contributed by atoms with Gasteiger partial charge < -0.3 is 15.0 Å². The van der Waals surface area contributed by atoms with Crippen molar-refractivity contribution in [1.29, 1.82) is 0 Å². The van der Waals surface area contributed by atoms with Gasteiger partial charge in [0.05, 0.1) is 7.11 Å². The number of benzene rings is 1. The first kappa shape index (κ1) is 16.7. The molecule has 0 unspecified atom stereocenters. The molecule has 1 aromatic carbocycles. The Balaban J connectivity index is 1.99. The molecule has 23 heavy (non-hydrogen) atoms. The summed E-state index contributed by atoms with van der Waals surface area (Å²) in [5, 5.41) is 3.26. The van der Waals surface area contributed by atoms with E-state index >= 15 is 0 Å². The lowest BCUT2D eigenvalue weighted by molar-refractivity contribution is 0.391. The van der Waals surface area contributed by atoms with Crippen LogP contribution >= 0.6 is 0 Å². The SMILES string of the molecule is CN=C(NCc1cccnc1OC)N(C)Cc1cccc(F)c1. The minimum atomic E-state index is -0.237. The maximum absolute atomic E-state index is 13.3. The second-order valence-electron chi connectivity index (χ2n) is 5.06. The number of aromatic nitrogens is 1. The Labute approximate surface area is 135 Å². The molecular formula is C17H21FN4O. The second kappa shape index (κ2) is 8.12. The molecule has 0 saturated carbocycles. The highest BCUT2D eigenvalue weighted by Crippen LogP contribution is 2.13. The summed E-state index contributed by atoms with van der Waals surface area (Å²) in [6.45, 7) is 1.10. The first-order chi connectivity index (χ1) is 11.1. The van der Waals surface area contributed by atoms with E-state index in [0.29, 0.717) is 24.9 Å². The quantitative estimate of drug-likeness (QED) is 0.680. The lowest BCUT2D eigenvalue weighted by atomic mass is 10.2. The summed E-state index contributed by atoms with van der Waals surface area (Å²) in [4.78, 5) is 10.3. The lowest BCUT2D eigenvalue weighted by Crippen LogP contribution is -2.38. The predicted octanol–water partition coefficient (Wildman–Crippen LogP) is 2.44. The minimum Gasteiger partial charge on any atom is -0.481 e. The molecule has 1 heterocycles. The summed E-state index contributed by atoms with van der Waals surface area (Å²) in [6.07, 6.45) is 1.69. The fraction of sp³-hybridized carbons (Fsp3) is 0.294. The molecule has 2 aromatic rings. The number of aliphatic imine (C=N–C) groups is 1. The van der Waals surface area contributed by atoms with Gasteiger partial charge in [-0.1, -0.05) is 18.2 Å². The van der Waals surface area contributed by atoms with Crippen LogP contribution in [0.2, 0.25) is 0 Å². The van der Waals surface area contributed by atoms with Gasteiger partial charge in [0.15, 0.2) is 5.96 Å². The molecule has 0 aliphatic carbocycles. The van der Waals surface area contributed by atoms with Gasteiger partial charge in [-0.15, -0.1) is 0 Å². The number of hydrogen-bond donors (Lipinski definition) is 1. The van der Waals surface area contributed by atoms with Gasteiger partial charge in [0.25, 0.3) is 0 Å². The number of halogens is 1. The van der Waals surface area contributed by atoms with E-state index in [1.807, 2.05) is 30.1 Å². The molecular weight excluding hydrogens is 295 g/mol. The van der Waals surface area contributed by atoms with Gasteiger partial charge in [-0.25, -0.2) is 9.37 Å². The standard InChI is InChI=1S/C17H21FN4O/c1-19-17(21-11-14-7-5-9-20-16(14)23-3)22(2)12-13-6-4-8-15(18)10-13/h4-10H,11-12H2,1-3H3,(H,19,21). The lowest BCUT2D eigenvalue weighted by Gasteiger charge is -2.22. The third-order valence-electron chi connectivity index (χ3n) is 3.36. The van der Waals surface area contributed by atoms with Crippen LogP contribution in [0.15, 0.2) is 47.6 Å². The molecule has 0 aliphatic heterocycles. The van der Waals surface area contributed by atoms with E-state index in [0.717, 1.165) is 11.1 Å². The summed E-state index contributed by atoms with van der Waals surface area (Å²) >= 11 is 0. The summed E-state index contributed by atoms with van der Waals surface area (Å²) in [7, 11) is 5.21. The Morgan fingerprint density at radius 3 is 2.87 bits per heavy atom. The highest BCUT2D eigenvalue weighted by Gasteiger charge is 2.09. The van der Waals surface area contributed by atoms with E-state index in [1.54, 1.807) is 26.4 Å². The van der Waals surface area contributed by atoms with Crippen LogP contribution < -0.4 is 10.1 Å². The molecule has 0 fully saturated rings. The molecule has 1 N–H and O–H groups in total. The Bertz CT molecular complexity index is 675. The van der Waals surface area contributed by atoms with E-state index in [9.17, 15) is 4.39 Å². The van der Waals surface area contributed by atoms with Crippen LogP contribution in [-0.4, -0.2) is 37.0 Å². The molecule has 6 heteroatoms. The predicted molar refractivity (Wildman–Crippen MR) is 88.9 cm³/mol. The van der Waals surface area contributed by atoms with Crippen molar-refractivity contribution in [3.8, 4) is 5.88 Å². The van der Waals surface area contributed by atoms with Crippen molar-refractivity contribution in [3.05, 3.63) is 59.5 Å². The molecule has 1 aromatic heterocycles. The van der Waals surface area contributed by atoms with E-state index in [4.69, 9.17) is 4.74 Å². The Morgan fingerprint density at radius 2 is 2.17 bits per heavy atom. The van der Waals surface area contributed by atoms with Gasteiger partial charge in [0.1, 0.15) is 5.82 Å². The monoisotopic (exact) mass is 316 g/mol. The zero-order valence-electron chi connectivity index (χ0n) is 13.6. The van der Waals surface area contributed by atoms with Gasteiger partial charge in [0.2, 0.25) is 5.88 Å². The van der Waals surface area contributed by atoms with Crippen molar-refractivity contribution in [3.63, 3.8) is 0 Å². The molecule has 2 rings (SSSR count). The highest BCUT2D eigenvalue weighted by molar-refractivity contribution is 5.79. The van der Waals surface area contributed by atoms with Crippen molar-refractivity contribution < 1.29 is 9.13 Å². The van der Waals surface area contributed by atoms with Crippen molar-refractivity contribution in [2.75, 3.05) is 21.2 Å². The second-order valence-corrected chi connectivity index (χ2v) is 5.06. The van der Waals surface area contributed by atoms with Crippen LogP contribution in [0.25, 0.3) is 0 Å². The fourth-order valence-corrected chi connectivity index (χ4v) is 2.29. The first-order valence-electron chi connectivity index (χ1n) is 7.28. The number of methoxy groups -OCH3 is 1. The minimum absolute atomic E-state index is 0.237. The molecule has 0 amide bonds.